The van der Waals surface area contributed by atoms with Crippen molar-refractivity contribution >= 4 is 0 Å². The maximum Gasteiger partial charge on any atom is 0.123 e. The summed E-state index contributed by atoms with van der Waals surface area (Å²) in [4.78, 5) is 2.38. The number of hydrogen-bond donors (Lipinski definition) is 0. The van der Waals surface area contributed by atoms with Gasteiger partial charge in [-0.2, -0.15) is 0 Å². The molecule has 0 saturated heterocycles. The number of ether oxygens (including phenoxy) is 1. The topological polar surface area (TPSA) is 12.5 Å². The first-order valence-electron chi connectivity index (χ1n) is 6.51. The van der Waals surface area contributed by atoms with Gasteiger partial charge in [-0.1, -0.05) is 37.5 Å². The van der Waals surface area contributed by atoms with Crippen molar-refractivity contribution in [2.24, 2.45) is 0 Å². The van der Waals surface area contributed by atoms with Gasteiger partial charge in [0.25, 0.3) is 0 Å². The van der Waals surface area contributed by atoms with E-state index < -0.39 is 0 Å². The van der Waals surface area contributed by atoms with Crippen LogP contribution < -0.4 is 4.74 Å². The molecular weight excluding hydrogens is 210 g/mol. The number of benzene rings is 1. The maximum atomic E-state index is 5.55. The lowest BCUT2D eigenvalue weighted by atomic mass is 9.75. The summed E-state index contributed by atoms with van der Waals surface area (Å²) in [7, 11) is 6.15. The maximum absolute atomic E-state index is 5.55. The smallest absolute Gasteiger partial charge is 0.123 e. The van der Waals surface area contributed by atoms with E-state index in [1.807, 2.05) is 0 Å². The number of para-hydroxylation sites is 1. The third kappa shape index (κ3) is 2.19. The second-order valence-electron chi connectivity index (χ2n) is 5.19. The molecule has 0 bridgehead atoms. The van der Waals surface area contributed by atoms with E-state index in [0.29, 0.717) is 0 Å². The molecule has 0 radical (unpaired) electrons. The molecule has 2 heteroatoms. The SMILES string of the molecule is COc1ccccc1C1(N(C)C)CCCCC1. The number of hydrogen-bond acceptors (Lipinski definition) is 2. The molecule has 1 saturated carbocycles. The minimum atomic E-state index is 0.171. The van der Waals surface area contributed by atoms with Crippen LogP contribution in [0.15, 0.2) is 24.3 Å². The van der Waals surface area contributed by atoms with Crippen molar-refractivity contribution in [3.8, 4) is 5.75 Å². The molecule has 0 aliphatic heterocycles. The van der Waals surface area contributed by atoms with Crippen LogP contribution >= 0.6 is 0 Å². The van der Waals surface area contributed by atoms with Crippen LogP contribution in [0.1, 0.15) is 37.7 Å². The third-order valence-electron chi connectivity index (χ3n) is 4.15. The zero-order chi connectivity index (χ0) is 12.3. The fourth-order valence-corrected chi connectivity index (χ4v) is 3.12. The van der Waals surface area contributed by atoms with Gasteiger partial charge in [0.15, 0.2) is 0 Å². The second-order valence-corrected chi connectivity index (χ2v) is 5.19. The predicted octanol–water partition coefficient (Wildman–Crippen LogP) is 3.42. The molecule has 0 amide bonds. The molecule has 94 valence electrons. The number of rotatable bonds is 3. The molecule has 2 nitrogen and oxygen atoms in total. The van der Waals surface area contributed by atoms with Crippen LogP contribution in [0, 0.1) is 0 Å². The molecule has 0 atom stereocenters. The van der Waals surface area contributed by atoms with Gasteiger partial charge in [0.05, 0.1) is 7.11 Å². The Morgan fingerprint density at radius 2 is 1.71 bits per heavy atom. The van der Waals surface area contributed by atoms with Gasteiger partial charge in [0.1, 0.15) is 5.75 Å². The highest BCUT2D eigenvalue weighted by atomic mass is 16.5. The quantitative estimate of drug-likeness (QED) is 0.793. The molecule has 2 rings (SSSR count). The van der Waals surface area contributed by atoms with E-state index in [4.69, 9.17) is 4.74 Å². The third-order valence-corrected chi connectivity index (χ3v) is 4.15. The molecule has 0 aromatic heterocycles. The van der Waals surface area contributed by atoms with Gasteiger partial charge in [0, 0.05) is 11.1 Å². The van der Waals surface area contributed by atoms with Gasteiger partial charge in [0.2, 0.25) is 0 Å². The Kier molecular flexibility index (Phi) is 3.72. The Balaban J connectivity index is 2.44. The van der Waals surface area contributed by atoms with Crippen molar-refractivity contribution in [1.29, 1.82) is 0 Å². The summed E-state index contributed by atoms with van der Waals surface area (Å²) in [6.45, 7) is 0. The number of methoxy groups -OCH3 is 1. The molecule has 0 heterocycles. The van der Waals surface area contributed by atoms with Gasteiger partial charge in [-0.3, -0.25) is 4.90 Å². The van der Waals surface area contributed by atoms with Crippen LogP contribution in [0.4, 0.5) is 0 Å². The van der Waals surface area contributed by atoms with Crippen molar-refractivity contribution < 1.29 is 4.74 Å². The van der Waals surface area contributed by atoms with Gasteiger partial charge in [-0.25, -0.2) is 0 Å². The summed E-state index contributed by atoms with van der Waals surface area (Å²) in [6.07, 6.45) is 6.47. The van der Waals surface area contributed by atoms with Crippen LogP contribution in [0.2, 0.25) is 0 Å². The molecule has 1 fully saturated rings. The van der Waals surface area contributed by atoms with Crippen molar-refractivity contribution in [1.82, 2.24) is 4.90 Å². The molecule has 1 aliphatic carbocycles. The standard InChI is InChI=1S/C15H23NO/c1-16(2)15(11-7-4-8-12-15)13-9-5-6-10-14(13)17-3/h5-6,9-10H,4,7-8,11-12H2,1-3H3. The van der Waals surface area contributed by atoms with Crippen molar-refractivity contribution in [3.05, 3.63) is 29.8 Å². The van der Waals surface area contributed by atoms with Crippen molar-refractivity contribution in [3.63, 3.8) is 0 Å². The first-order valence-corrected chi connectivity index (χ1v) is 6.51. The lowest BCUT2D eigenvalue weighted by Gasteiger charge is -2.44. The molecule has 1 aliphatic rings. The van der Waals surface area contributed by atoms with E-state index in [1.54, 1.807) is 7.11 Å². The number of nitrogens with zero attached hydrogens (tertiary/aromatic N) is 1. The highest BCUT2D eigenvalue weighted by Crippen LogP contribution is 2.44. The van der Waals surface area contributed by atoms with Crippen LogP contribution in [0.25, 0.3) is 0 Å². The Hall–Kier alpha value is -1.02. The van der Waals surface area contributed by atoms with E-state index in [0.717, 1.165) is 5.75 Å². The summed E-state index contributed by atoms with van der Waals surface area (Å²) in [6, 6.07) is 8.48. The summed E-state index contributed by atoms with van der Waals surface area (Å²) in [5.74, 6) is 1.03. The predicted molar refractivity (Wildman–Crippen MR) is 71.4 cm³/mol. The molecule has 0 unspecified atom stereocenters. The van der Waals surface area contributed by atoms with E-state index in [-0.39, 0.29) is 5.54 Å². The highest BCUT2D eigenvalue weighted by Gasteiger charge is 2.37. The molecule has 17 heavy (non-hydrogen) atoms. The lowest BCUT2D eigenvalue weighted by Crippen LogP contribution is -2.43. The van der Waals surface area contributed by atoms with Crippen molar-refractivity contribution in [2.45, 2.75) is 37.6 Å². The van der Waals surface area contributed by atoms with Gasteiger partial charge >= 0.3 is 0 Å². The second kappa shape index (κ2) is 5.09. The summed E-state index contributed by atoms with van der Waals surface area (Å²) < 4.78 is 5.55. The normalized spacial score (nSPS) is 19.3. The summed E-state index contributed by atoms with van der Waals surface area (Å²) in [5.41, 5.74) is 1.53. The van der Waals surface area contributed by atoms with Crippen LogP contribution in [-0.2, 0) is 5.54 Å². The molecule has 1 aromatic rings. The first-order chi connectivity index (χ1) is 8.20. The van der Waals surface area contributed by atoms with Crippen LogP contribution in [0.5, 0.6) is 5.75 Å². The van der Waals surface area contributed by atoms with Gasteiger partial charge in [-0.15, -0.1) is 0 Å². The Morgan fingerprint density at radius 3 is 2.29 bits per heavy atom. The summed E-state index contributed by atoms with van der Waals surface area (Å²) in [5, 5.41) is 0. The van der Waals surface area contributed by atoms with Gasteiger partial charge in [-0.05, 0) is 33.0 Å². The molecule has 1 aromatic carbocycles. The van der Waals surface area contributed by atoms with E-state index >= 15 is 0 Å². The minimum Gasteiger partial charge on any atom is -0.496 e. The zero-order valence-corrected chi connectivity index (χ0v) is 11.2. The zero-order valence-electron chi connectivity index (χ0n) is 11.2. The lowest BCUT2D eigenvalue weighted by molar-refractivity contribution is 0.0957. The largest absolute Gasteiger partial charge is 0.496 e. The fourth-order valence-electron chi connectivity index (χ4n) is 3.12. The van der Waals surface area contributed by atoms with E-state index in [1.165, 1.54) is 37.7 Å². The Bertz CT molecular complexity index is 367. The van der Waals surface area contributed by atoms with Crippen LogP contribution in [0.3, 0.4) is 0 Å². The monoisotopic (exact) mass is 233 g/mol. The van der Waals surface area contributed by atoms with Gasteiger partial charge < -0.3 is 4.74 Å². The van der Waals surface area contributed by atoms with Crippen LogP contribution in [-0.4, -0.2) is 26.1 Å². The Labute approximate surface area is 105 Å². The van der Waals surface area contributed by atoms with E-state index in [2.05, 4.69) is 43.3 Å². The molecule has 0 spiro atoms. The molecule has 0 N–H and O–H groups in total. The summed E-state index contributed by atoms with van der Waals surface area (Å²) >= 11 is 0. The average Bonchev–Trinajstić information content (AvgIpc) is 2.39. The minimum absolute atomic E-state index is 0.171. The van der Waals surface area contributed by atoms with Crippen molar-refractivity contribution in [2.75, 3.05) is 21.2 Å². The molecular formula is C15H23NO. The average molecular weight is 233 g/mol. The fraction of sp³-hybridized carbons (Fsp3) is 0.600. The Morgan fingerprint density at radius 1 is 1.06 bits per heavy atom. The first kappa shape index (κ1) is 12.4. The van der Waals surface area contributed by atoms with E-state index in [9.17, 15) is 0 Å². The highest BCUT2D eigenvalue weighted by molar-refractivity contribution is 5.39.